The molecule has 1 aromatic heterocycles. The van der Waals surface area contributed by atoms with E-state index in [0.717, 1.165) is 5.76 Å². The number of hydrogen-bond donors (Lipinski definition) is 3. The van der Waals surface area contributed by atoms with Crippen LogP contribution in [0, 0.1) is 0 Å². The molecule has 1 aliphatic heterocycles. The summed E-state index contributed by atoms with van der Waals surface area (Å²) < 4.78 is 5.12. The van der Waals surface area contributed by atoms with Gasteiger partial charge in [0.25, 0.3) is 0 Å². The van der Waals surface area contributed by atoms with Crippen LogP contribution < -0.4 is 16.0 Å². The largest absolute Gasteiger partial charge is 0.467 e. The molecule has 2 rings (SSSR count). The van der Waals surface area contributed by atoms with Gasteiger partial charge in [-0.05, 0) is 19.1 Å². The lowest BCUT2D eigenvalue weighted by atomic mass is 10.2. The Morgan fingerprint density at radius 3 is 3.16 bits per heavy atom. The Morgan fingerprint density at radius 2 is 2.47 bits per heavy atom. The number of carbonyl (C=O) groups is 2. The van der Waals surface area contributed by atoms with Crippen molar-refractivity contribution in [1.29, 1.82) is 0 Å². The van der Waals surface area contributed by atoms with Crippen molar-refractivity contribution in [2.45, 2.75) is 31.4 Å². The molecule has 0 aliphatic carbocycles. The summed E-state index contributed by atoms with van der Waals surface area (Å²) in [6.45, 7) is 2.33. The number of carbonyl (C=O) groups excluding carboxylic acids is 2. The molecule has 1 fully saturated rings. The third-order valence-corrected chi connectivity index (χ3v) is 3.66. The zero-order chi connectivity index (χ0) is 13.7. The van der Waals surface area contributed by atoms with Crippen molar-refractivity contribution in [2.75, 3.05) is 5.75 Å². The summed E-state index contributed by atoms with van der Waals surface area (Å²) in [6.07, 6.45) is 2.04. The van der Waals surface area contributed by atoms with Crippen molar-refractivity contribution in [3.05, 3.63) is 24.2 Å². The molecule has 2 heterocycles. The Bertz CT molecular complexity index is 435. The third-order valence-electron chi connectivity index (χ3n) is 2.64. The monoisotopic (exact) mass is 283 g/mol. The van der Waals surface area contributed by atoms with Crippen LogP contribution >= 0.6 is 11.8 Å². The molecule has 7 heteroatoms. The van der Waals surface area contributed by atoms with Gasteiger partial charge in [-0.1, -0.05) is 0 Å². The number of rotatable bonds is 5. The van der Waals surface area contributed by atoms with Crippen molar-refractivity contribution >= 4 is 23.6 Å². The van der Waals surface area contributed by atoms with E-state index in [9.17, 15) is 9.59 Å². The first-order valence-electron chi connectivity index (χ1n) is 6.09. The minimum atomic E-state index is -0.203. The highest BCUT2D eigenvalue weighted by Crippen LogP contribution is 2.11. The van der Waals surface area contributed by atoms with Crippen molar-refractivity contribution in [3.63, 3.8) is 0 Å². The highest BCUT2D eigenvalue weighted by molar-refractivity contribution is 8.00. The lowest BCUT2D eigenvalue weighted by Crippen LogP contribution is -2.54. The molecule has 104 valence electrons. The van der Waals surface area contributed by atoms with E-state index in [4.69, 9.17) is 4.42 Å². The maximum Gasteiger partial charge on any atom is 0.230 e. The van der Waals surface area contributed by atoms with Crippen LogP contribution in [0.15, 0.2) is 22.8 Å². The molecule has 19 heavy (non-hydrogen) atoms. The second kappa shape index (κ2) is 6.63. The van der Waals surface area contributed by atoms with Crippen molar-refractivity contribution in [1.82, 2.24) is 16.0 Å². The molecular formula is C12H17N3O3S. The highest BCUT2D eigenvalue weighted by Gasteiger charge is 2.23. The Labute approximate surface area is 115 Å². The number of amides is 2. The van der Waals surface area contributed by atoms with Crippen LogP contribution in [0.5, 0.6) is 0 Å². The van der Waals surface area contributed by atoms with E-state index in [1.807, 2.05) is 6.92 Å². The van der Waals surface area contributed by atoms with E-state index in [-0.39, 0.29) is 29.1 Å². The number of furan rings is 1. The van der Waals surface area contributed by atoms with Gasteiger partial charge in [0.05, 0.1) is 18.6 Å². The van der Waals surface area contributed by atoms with E-state index in [0.29, 0.717) is 13.0 Å². The molecule has 0 saturated carbocycles. The molecule has 1 aliphatic rings. The number of nitrogens with one attached hydrogen (secondary N) is 3. The summed E-state index contributed by atoms with van der Waals surface area (Å²) in [5, 5.41) is 8.74. The third kappa shape index (κ3) is 4.60. The molecule has 2 unspecified atom stereocenters. The molecule has 0 spiro atoms. The summed E-state index contributed by atoms with van der Waals surface area (Å²) in [4.78, 5) is 23.0. The van der Waals surface area contributed by atoms with E-state index in [2.05, 4.69) is 16.0 Å². The number of thioether (sulfide) groups is 1. The van der Waals surface area contributed by atoms with Gasteiger partial charge in [0, 0.05) is 12.5 Å². The minimum Gasteiger partial charge on any atom is -0.467 e. The predicted octanol–water partition coefficient (Wildman–Crippen LogP) is 0.411. The van der Waals surface area contributed by atoms with Crippen molar-refractivity contribution < 1.29 is 14.0 Å². The molecular weight excluding hydrogens is 266 g/mol. The maximum atomic E-state index is 11.6. The molecule has 1 aromatic rings. The smallest absolute Gasteiger partial charge is 0.230 e. The standard InChI is InChI=1S/C12H17N3O3S/c1-8-5-10(16)15-12(14-8)19-7-11(17)13-6-9-3-2-4-18-9/h2-4,8,12,14H,5-7H2,1H3,(H,13,17)(H,15,16). The lowest BCUT2D eigenvalue weighted by Gasteiger charge is -2.28. The van der Waals surface area contributed by atoms with Crippen LogP contribution in [0.1, 0.15) is 19.1 Å². The molecule has 0 aromatic carbocycles. The van der Waals surface area contributed by atoms with Crippen LogP contribution in [0.4, 0.5) is 0 Å². The van der Waals surface area contributed by atoms with Gasteiger partial charge in [-0.25, -0.2) is 0 Å². The van der Waals surface area contributed by atoms with Crippen molar-refractivity contribution in [2.24, 2.45) is 0 Å². The Balaban J connectivity index is 1.67. The summed E-state index contributed by atoms with van der Waals surface area (Å²) >= 11 is 1.36. The normalized spacial score (nSPS) is 22.9. The Kier molecular flexibility index (Phi) is 4.86. The molecule has 0 radical (unpaired) electrons. The average molecular weight is 283 g/mol. The second-order valence-corrected chi connectivity index (χ2v) is 5.48. The van der Waals surface area contributed by atoms with Crippen molar-refractivity contribution in [3.8, 4) is 0 Å². The van der Waals surface area contributed by atoms with Crippen LogP contribution in [-0.4, -0.2) is 29.1 Å². The summed E-state index contributed by atoms with van der Waals surface area (Å²) in [5.41, 5.74) is -0.203. The summed E-state index contributed by atoms with van der Waals surface area (Å²) in [6, 6.07) is 3.72. The summed E-state index contributed by atoms with van der Waals surface area (Å²) in [7, 11) is 0. The van der Waals surface area contributed by atoms with E-state index in [1.54, 1.807) is 18.4 Å². The zero-order valence-corrected chi connectivity index (χ0v) is 11.5. The van der Waals surface area contributed by atoms with Crippen LogP contribution in [-0.2, 0) is 16.1 Å². The fraction of sp³-hybridized carbons (Fsp3) is 0.500. The molecule has 1 saturated heterocycles. The van der Waals surface area contributed by atoms with E-state index >= 15 is 0 Å². The molecule has 2 atom stereocenters. The number of hydrogen-bond acceptors (Lipinski definition) is 5. The molecule has 6 nitrogen and oxygen atoms in total. The van der Waals surface area contributed by atoms with Gasteiger partial charge in [0.2, 0.25) is 11.8 Å². The predicted molar refractivity (Wildman–Crippen MR) is 72.2 cm³/mol. The topological polar surface area (TPSA) is 83.4 Å². The van der Waals surface area contributed by atoms with E-state index in [1.165, 1.54) is 11.8 Å². The molecule has 3 N–H and O–H groups in total. The second-order valence-electron chi connectivity index (χ2n) is 4.39. The summed E-state index contributed by atoms with van der Waals surface area (Å²) in [5.74, 6) is 0.928. The van der Waals surface area contributed by atoms with E-state index < -0.39 is 0 Å². The molecule has 2 amide bonds. The fourth-order valence-corrected chi connectivity index (χ4v) is 2.70. The molecule has 0 bridgehead atoms. The van der Waals surface area contributed by atoms with Gasteiger partial charge in [-0.3, -0.25) is 14.9 Å². The Hall–Kier alpha value is -1.47. The first kappa shape index (κ1) is 14.0. The van der Waals surface area contributed by atoms with Crippen LogP contribution in [0.2, 0.25) is 0 Å². The fourth-order valence-electron chi connectivity index (χ4n) is 1.74. The van der Waals surface area contributed by atoms with Gasteiger partial charge in [-0.2, -0.15) is 0 Å². The lowest BCUT2D eigenvalue weighted by molar-refractivity contribution is -0.123. The quantitative estimate of drug-likeness (QED) is 0.729. The average Bonchev–Trinajstić information content (AvgIpc) is 2.86. The van der Waals surface area contributed by atoms with Gasteiger partial charge in [0.1, 0.15) is 11.3 Å². The maximum absolute atomic E-state index is 11.6. The van der Waals surface area contributed by atoms with Gasteiger partial charge < -0.3 is 15.1 Å². The van der Waals surface area contributed by atoms with Crippen LogP contribution in [0.25, 0.3) is 0 Å². The van der Waals surface area contributed by atoms with Gasteiger partial charge in [0.15, 0.2) is 0 Å². The first-order chi connectivity index (χ1) is 9.13. The SMILES string of the molecule is CC1CC(=O)NC(SCC(=O)NCc2ccco2)N1. The minimum absolute atomic E-state index is 0.0137. The van der Waals surface area contributed by atoms with Gasteiger partial charge in [-0.15, -0.1) is 11.8 Å². The van der Waals surface area contributed by atoms with Gasteiger partial charge >= 0.3 is 0 Å². The van der Waals surface area contributed by atoms with Crippen LogP contribution in [0.3, 0.4) is 0 Å². The highest BCUT2D eigenvalue weighted by atomic mass is 32.2. The first-order valence-corrected chi connectivity index (χ1v) is 7.14. The Morgan fingerprint density at radius 1 is 1.63 bits per heavy atom. The zero-order valence-electron chi connectivity index (χ0n) is 10.6.